The molecule has 8 heteroatoms. The Labute approximate surface area is 149 Å². The topological polar surface area (TPSA) is 80.2 Å². The molecule has 1 aliphatic heterocycles. The summed E-state index contributed by atoms with van der Waals surface area (Å²) in [6.07, 6.45) is 2.77. The van der Waals surface area contributed by atoms with Gasteiger partial charge in [-0.2, -0.15) is 4.37 Å². The van der Waals surface area contributed by atoms with Gasteiger partial charge in [-0.3, -0.25) is 4.79 Å². The number of carbonyl (C=O) groups is 1. The second-order valence-electron chi connectivity index (χ2n) is 5.90. The van der Waals surface area contributed by atoms with Crippen LogP contribution in [0, 0.1) is 0 Å². The van der Waals surface area contributed by atoms with Crippen LogP contribution in [0.15, 0.2) is 47.6 Å². The van der Waals surface area contributed by atoms with Crippen molar-refractivity contribution in [2.45, 2.75) is 23.5 Å². The molecule has 0 N–H and O–H groups in total. The highest BCUT2D eigenvalue weighted by Gasteiger charge is 2.24. The quantitative estimate of drug-likeness (QED) is 0.702. The number of anilines is 1. The zero-order valence-corrected chi connectivity index (χ0v) is 14.9. The molecule has 0 bridgehead atoms. The number of sulfone groups is 1. The molecule has 4 rings (SSSR count). The van der Waals surface area contributed by atoms with E-state index in [1.807, 2.05) is 18.2 Å². The van der Waals surface area contributed by atoms with Crippen LogP contribution in [0.4, 0.5) is 5.69 Å². The largest absolute Gasteiger partial charge is 0.312 e. The Balaban J connectivity index is 1.75. The lowest BCUT2D eigenvalue weighted by molar-refractivity contribution is -0.117. The molecule has 1 saturated heterocycles. The fraction of sp³-hybridized carbons (Fsp3) is 0.235. The molecule has 6 nitrogen and oxygen atoms in total. The highest BCUT2D eigenvalue weighted by molar-refractivity contribution is 7.90. The van der Waals surface area contributed by atoms with Crippen LogP contribution in [0.3, 0.4) is 0 Å². The van der Waals surface area contributed by atoms with Crippen molar-refractivity contribution in [1.82, 2.24) is 9.36 Å². The zero-order chi connectivity index (χ0) is 17.4. The Morgan fingerprint density at radius 2 is 2.08 bits per heavy atom. The maximum atomic E-state index is 12.6. The van der Waals surface area contributed by atoms with Crippen LogP contribution in [0.25, 0.3) is 10.8 Å². The molecule has 128 valence electrons. The molecule has 0 aliphatic carbocycles. The van der Waals surface area contributed by atoms with Gasteiger partial charge in [0.15, 0.2) is 9.84 Å². The van der Waals surface area contributed by atoms with Crippen LogP contribution in [0.2, 0.25) is 0 Å². The molecule has 1 fully saturated rings. The standard InChI is InChI=1S/C17H15N3O3S2/c21-17-5-2-8-20(17)15-4-1-3-12-9-13(6-7-14(12)15)25(22,23)10-16-18-11-19-24-16/h1,3-4,6-7,9,11H,2,5,8,10H2. The minimum Gasteiger partial charge on any atom is -0.312 e. The van der Waals surface area contributed by atoms with E-state index in [0.29, 0.717) is 18.0 Å². The molecule has 1 aromatic heterocycles. The average Bonchev–Trinajstić information content (AvgIpc) is 3.25. The number of rotatable bonds is 4. The van der Waals surface area contributed by atoms with Crippen molar-refractivity contribution in [2.75, 3.05) is 11.4 Å². The van der Waals surface area contributed by atoms with Crippen LogP contribution >= 0.6 is 11.5 Å². The van der Waals surface area contributed by atoms with Crippen LogP contribution in [-0.4, -0.2) is 30.2 Å². The van der Waals surface area contributed by atoms with Gasteiger partial charge in [0.05, 0.1) is 10.6 Å². The van der Waals surface area contributed by atoms with Crippen molar-refractivity contribution in [2.24, 2.45) is 0 Å². The van der Waals surface area contributed by atoms with Gasteiger partial charge in [-0.25, -0.2) is 13.4 Å². The van der Waals surface area contributed by atoms with E-state index in [2.05, 4.69) is 9.36 Å². The SMILES string of the molecule is O=C1CCCN1c1cccc2cc(S(=O)(=O)Cc3ncns3)ccc12. The van der Waals surface area contributed by atoms with Gasteiger partial charge < -0.3 is 4.90 Å². The van der Waals surface area contributed by atoms with Gasteiger partial charge in [0.1, 0.15) is 17.1 Å². The number of amides is 1. The number of benzene rings is 2. The molecular formula is C17H15N3O3S2. The second kappa shape index (κ2) is 6.20. The maximum absolute atomic E-state index is 12.6. The van der Waals surface area contributed by atoms with Crippen LogP contribution < -0.4 is 4.90 Å². The summed E-state index contributed by atoms with van der Waals surface area (Å²) in [5.41, 5.74) is 0.841. The monoisotopic (exact) mass is 373 g/mol. The van der Waals surface area contributed by atoms with Gasteiger partial charge in [-0.05, 0) is 41.5 Å². The van der Waals surface area contributed by atoms with Crippen molar-refractivity contribution in [3.63, 3.8) is 0 Å². The zero-order valence-electron chi connectivity index (χ0n) is 13.3. The van der Waals surface area contributed by atoms with E-state index < -0.39 is 9.84 Å². The summed E-state index contributed by atoms with van der Waals surface area (Å²) in [6.45, 7) is 0.703. The number of fused-ring (bicyclic) bond motifs is 1. The lowest BCUT2D eigenvalue weighted by atomic mass is 10.1. The Hall–Kier alpha value is -2.32. The lowest BCUT2D eigenvalue weighted by Crippen LogP contribution is -2.23. The molecule has 0 saturated carbocycles. The molecular weight excluding hydrogens is 358 g/mol. The van der Waals surface area contributed by atoms with E-state index >= 15 is 0 Å². The summed E-state index contributed by atoms with van der Waals surface area (Å²) < 4.78 is 29.1. The number of aromatic nitrogens is 2. The van der Waals surface area contributed by atoms with Crippen LogP contribution in [-0.2, 0) is 20.4 Å². The summed E-state index contributed by atoms with van der Waals surface area (Å²) >= 11 is 1.08. The van der Waals surface area contributed by atoms with Crippen LogP contribution in [0.1, 0.15) is 17.8 Å². The molecule has 1 aliphatic rings. The highest BCUT2D eigenvalue weighted by atomic mass is 32.2. The van der Waals surface area contributed by atoms with Crippen molar-refractivity contribution in [1.29, 1.82) is 0 Å². The summed E-state index contributed by atoms with van der Waals surface area (Å²) in [6, 6.07) is 10.7. The molecule has 3 aromatic rings. The first-order valence-corrected chi connectivity index (χ1v) is 10.3. The van der Waals surface area contributed by atoms with Crippen molar-refractivity contribution in [3.8, 4) is 0 Å². The lowest BCUT2D eigenvalue weighted by Gasteiger charge is -2.18. The van der Waals surface area contributed by atoms with Gasteiger partial charge in [0.2, 0.25) is 5.91 Å². The van der Waals surface area contributed by atoms with Gasteiger partial charge in [0, 0.05) is 18.4 Å². The summed E-state index contributed by atoms with van der Waals surface area (Å²) in [5, 5.41) is 2.15. The molecule has 0 radical (unpaired) electrons. The summed E-state index contributed by atoms with van der Waals surface area (Å²) in [7, 11) is -3.49. The molecule has 1 amide bonds. The number of nitrogens with zero attached hydrogens (tertiary/aromatic N) is 3. The van der Waals surface area contributed by atoms with Gasteiger partial charge in [-0.15, -0.1) is 0 Å². The van der Waals surface area contributed by atoms with E-state index in [1.54, 1.807) is 23.1 Å². The fourth-order valence-electron chi connectivity index (χ4n) is 3.08. The normalized spacial score (nSPS) is 15.2. The minimum atomic E-state index is -3.49. The fourth-order valence-corrected chi connectivity index (χ4v) is 5.22. The first kappa shape index (κ1) is 16.2. The van der Waals surface area contributed by atoms with Crippen molar-refractivity contribution in [3.05, 3.63) is 47.7 Å². The van der Waals surface area contributed by atoms with E-state index in [-0.39, 0.29) is 16.6 Å². The predicted molar refractivity (Wildman–Crippen MR) is 96.3 cm³/mol. The van der Waals surface area contributed by atoms with E-state index in [4.69, 9.17) is 0 Å². The van der Waals surface area contributed by atoms with Crippen molar-refractivity contribution >= 4 is 43.7 Å². The average molecular weight is 373 g/mol. The third-order valence-corrected chi connectivity index (χ3v) is 6.74. The summed E-state index contributed by atoms with van der Waals surface area (Å²) in [5.74, 6) is -0.0477. The first-order valence-electron chi connectivity index (χ1n) is 7.86. The Kier molecular flexibility index (Phi) is 4.01. The molecule has 2 aromatic carbocycles. The molecule has 2 heterocycles. The molecule has 0 spiro atoms. The minimum absolute atomic E-state index is 0.112. The number of carbonyl (C=O) groups excluding carboxylic acids is 1. The Morgan fingerprint density at radius 3 is 2.80 bits per heavy atom. The molecule has 0 unspecified atom stereocenters. The second-order valence-corrected chi connectivity index (χ2v) is 8.76. The van der Waals surface area contributed by atoms with Gasteiger partial charge in [-0.1, -0.05) is 18.2 Å². The Morgan fingerprint density at radius 1 is 1.20 bits per heavy atom. The Bertz CT molecular complexity index is 1050. The first-order chi connectivity index (χ1) is 12.0. The highest BCUT2D eigenvalue weighted by Crippen LogP contribution is 2.32. The smallest absolute Gasteiger partial charge is 0.227 e. The number of hydrogen-bond acceptors (Lipinski definition) is 6. The molecule has 25 heavy (non-hydrogen) atoms. The summed E-state index contributed by atoms with van der Waals surface area (Å²) in [4.78, 5) is 18.0. The predicted octanol–water partition coefficient (Wildman–Crippen LogP) is 2.79. The van der Waals surface area contributed by atoms with E-state index in [0.717, 1.165) is 34.4 Å². The van der Waals surface area contributed by atoms with Crippen molar-refractivity contribution < 1.29 is 13.2 Å². The third kappa shape index (κ3) is 3.03. The maximum Gasteiger partial charge on any atom is 0.227 e. The van der Waals surface area contributed by atoms with E-state index in [9.17, 15) is 13.2 Å². The van der Waals surface area contributed by atoms with Gasteiger partial charge >= 0.3 is 0 Å². The molecule has 0 atom stereocenters. The van der Waals surface area contributed by atoms with Crippen LogP contribution in [0.5, 0.6) is 0 Å². The number of hydrogen-bond donors (Lipinski definition) is 0. The third-order valence-electron chi connectivity index (χ3n) is 4.27. The van der Waals surface area contributed by atoms with Gasteiger partial charge in [0.25, 0.3) is 0 Å². The van der Waals surface area contributed by atoms with E-state index in [1.165, 1.54) is 6.33 Å².